The first-order valence-corrected chi connectivity index (χ1v) is 22.2. The standard InChI is InChI=1S/C48H85NO3/c1-3-5-7-9-11-12-13-14-15-16-17-18-19-20-21-22-23-24-25-26-27-28-29-30-31-32-33-34-35-36-38-40-42-44-48(52)49-46(45-50)47(51)43-41-39-37-10-8-6-4-2/h5,7,11-12,14-15,17-18,20-21,41,43,46-47,50-51H,3-4,6,8-10,13,16,19,22-40,42,44-45H2,1-2H3,(H,49,52)/b7-5-,12-11-,15-14-,18-17-,21-20-,43-41+. The molecule has 2 atom stereocenters. The Balaban J connectivity index is 3.45. The van der Waals surface area contributed by atoms with Crippen LogP contribution in [0.2, 0.25) is 0 Å². The van der Waals surface area contributed by atoms with Crippen molar-refractivity contribution in [1.82, 2.24) is 5.32 Å². The Labute approximate surface area is 323 Å². The summed E-state index contributed by atoms with van der Waals surface area (Å²) in [6, 6.07) is -0.620. The summed E-state index contributed by atoms with van der Waals surface area (Å²) in [6.45, 7) is 4.13. The van der Waals surface area contributed by atoms with Gasteiger partial charge >= 0.3 is 0 Å². The Kier molecular flexibility index (Phi) is 41.4. The van der Waals surface area contributed by atoms with Gasteiger partial charge in [0.25, 0.3) is 0 Å². The number of rotatable bonds is 39. The minimum absolute atomic E-state index is 0.0703. The van der Waals surface area contributed by atoms with E-state index < -0.39 is 12.1 Å². The molecule has 0 radical (unpaired) electrons. The summed E-state index contributed by atoms with van der Waals surface area (Å²) in [4.78, 5) is 12.3. The predicted molar refractivity (Wildman–Crippen MR) is 230 cm³/mol. The number of nitrogens with one attached hydrogen (secondary N) is 1. The maximum Gasteiger partial charge on any atom is 0.220 e. The van der Waals surface area contributed by atoms with Crippen molar-refractivity contribution in [3.8, 4) is 0 Å². The van der Waals surface area contributed by atoms with E-state index in [1.54, 1.807) is 6.08 Å². The van der Waals surface area contributed by atoms with Crippen molar-refractivity contribution in [1.29, 1.82) is 0 Å². The van der Waals surface area contributed by atoms with E-state index in [2.05, 4.69) is 79.9 Å². The second-order valence-electron chi connectivity index (χ2n) is 14.7. The van der Waals surface area contributed by atoms with E-state index in [1.807, 2.05) is 6.08 Å². The number of aliphatic hydroxyl groups is 2. The van der Waals surface area contributed by atoms with Gasteiger partial charge in [-0.15, -0.1) is 0 Å². The normalized spacial score (nSPS) is 13.7. The molecule has 0 bridgehead atoms. The quantitative estimate of drug-likeness (QED) is 0.0437. The molecule has 0 saturated carbocycles. The van der Waals surface area contributed by atoms with Crippen molar-refractivity contribution < 1.29 is 15.0 Å². The SMILES string of the molecule is CC/C=C\C/C=C\C/C=C\C/C=C\C/C=C\CCCCCCCCCCCCCCCCCCCC(=O)NC(CO)C(O)/C=C/CCCCCCC. The Hall–Kier alpha value is -2.17. The van der Waals surface area contributed by atoms with Crippen LogP contribution in [0.3, 0.4) is 0 Å². The molecule has 0 saturated heterocycles. The Morgan fingerprint density at radius 2 is 0.846 bits per heavy atom. The van der Waals surface area contributed by atoms with Crippen molar-refractivity contribution in [2.45, 2.75) is 219 Å². The maximum absolute atomic E-state index is 12.3. The average Bonchev–Trinajstić information content (AvgIpc) is 3.15. The van der Waals surface area contributed by atoms with Gasteiger partial charge in [0.1, 0.15) is 0 Å². The number of carbonyl (C=O) groups excluding carboxylic acids is 1. The third-order valence-electron chi connectivity index (χ3n) is 9.70. The maximum atomic E-state index is 12.3. The van der Waals surface area contributed by atoms with Crippen LogP contribution < -0.4 is 5.32 Å². The molecule has 4 nitrogen and oxygen atoms in total. The first kappa shape index (κ1) is 49.8. The molecule has 52 heavy (non-hydrogen) atoms. The summed E-state index contributed by atoms with van der Waals surface area (Å²) in [5.41, 5.74) is 0. The fourth-order valence-corrected chi connectivity index (χ4v) is 6.32. The van der Waals surface area contributed by atoms with Gasteiger partial charge in [0.2, 0.25) is 5.91 Å². The largest absolute Gasteiger partial charge is 0.394 e. The van der Waals surface area contributed by atoms with Crippen LogP contribution in [0.4, 0.5) is 0 Å². The molecule has 300 valence electrons. The summed E-state index contributed by atoms with van der Waals surface area (Å²) in [5, 5.41) is 22.8. The van der Waals surface area contributed by atoms with E-state index in [9.17, 15) is 15.0 Å². The zero-order valence-electron chi connectivity index (χ0n) is 34.3. The summed E-state index contributed by atoms with van der Waals surface area (Å²) in [5.74, 6) is -0.0703. The lowest BCUT2D eigenvalue weighted by Crippen LogP contribution is -2.45. The second-order valence-corrected chi connectivity index (χ2v) is 14.7. The molecule has 0 spiro atoms. The molecular weight excluding hydrogens is 639 g/mol. The molecule has 2 unspecified atom stereocenters. The van der Waals surface area contributed by atoms with Crippen molar-refractivity contribution in [2.75, 3.05) is 6.61 Å². The van der Waals surface area contributed by atoms with Crippen molar-refractivity contribution >= 4 is 5.91 Å². The highest BCUT2D eigenvalue weighted by Crippen LogP contribution is 2.15. The topological polar surface area (TPSA) is 69.6 Å². The van der Waals surface area contributed by atoms with E-state index >= 15 is 0 Å². The van der Waals surface area contributed by atoms with Gasteiger partial charge in [0.15, 0.2) is 0 Å². The predicted octanol–water partition coefficient (Wildman–Crippen LogP) is 13.9. The van der Waals surface area contributed by atoms with E-state index in [0.29, 0.717) is 6.42 Å². The minimum Gasteiger partial charge on any atom is -0.394 e. The van der Waals surface area contributed by atoms with Gasteiger partial charge in [-0.05, 0) is 64.2 Å². The van der Waals surface area contributed by atoms with E-state index in [-0.39, 0.29) is 12.5 Å². The molecule has 0 aliphatic heterocycles. The van der Waals surface area contributed by atoms with Crippen molar-refractivity contribution in [2.24, 2.45) is 0 Å². The molecule has 0 aromatic rings. The molecule has 0 aliphatic rings. The lowest BCUT2D eigenvalue weighted by Gasteiger charge is -2.20. The van der Waals surface area contributed by atoms with E-state index in [0.717, 1.165) is 57.8 Å². The molecule has 4 heteroatoms. The van der Waals surface area contributed by atoms with Gasteiger partial charge in [0.05, 0.1) is 18.8 Å². The van der Waals surface area contributed by atoms with Crippen LogP contribution in [0.1, 0.15) is 206 Å². The zero-order valence-corrected chi connectivity index (χ0v) is 34.3. The van der Waals surface area contributed by atoms with Crippen LogP contribution in [0.5, 0.6) is 0 Å². The lowest BCUT2D eigenvalue weighted by atomic mass is 10.0. The monoisotopic (exact) mass is 724 g/mol. The van der Waals surface area contributed by atoms with Crippen LogP contribution in [0.25, 0.3) is 0 Å². The first-order valence-electron chi connectivity index (χ1n) is 22.2. The van der Waals surface area contributed by atoms with Crippen LogP contribution in [-0.2, 0) is 4.79 Å². The van der Waals surface area contributed by atoms with Gasteiger partial charge in [0, 0.05) is 6.42 Å². The molecule has 0 heterocycles. The van der Waals surface area contributed by atoms with Gasteiger partial charge in [-0.25, -0.2) is 0 Å². The van der Waals surface area contributed by atoms with Crippen molar-refractivity contribution in [3.05, 3.63) is 72.9 Å². The van der Waals surface area contributed by atoms with Crippen LogP contribution >= 0.6 is 0 Å². The molecule has 0 aromatic carbocycles. The highest BCUT2D eigenvalue weighted by Gasteiger charge is 2.17. The number of aliphatic hydroxyl groups excluding tert-OH is 2. The number of unbranched alkanes of at least 4 members (excludes halogenated alkanes) is 22. The molecule has 0 fully saturated rings. The Morgan fingerprint density at radius 1 is 0.481 bits per heavy atom. The highest BCUT2D eigenvalue weighted by molar-refractivity contribution is 5.76. The Bertz CT molecular complexity index is 915. The average molecular weight is 724 g/mol. The summed E-state index contributed by atoms with van der Waals surface area (Å²) >= 11 is 0. The molecule has 1 amide bonds. The lowest BCUT2D eigenvalue weighted by molar-refractivity contribution is -0.123. The smallest absolute Gasteiger partial charge is 0.220 e. The van der Waals surface area contributed by atoms with Crippen LogP contribution in [0, 0.1) is 0 Å². The van der Waals surface area contributed by atoms with Crippen LogP contribution in [-0.4, -0.2) is 34.9 Å². The summed E-state index contributed by atoms with van der Waals surface area (Å²) < 4.78 is 0. The van der Waals surface area contributed by atoms with Gasteiger partial charge in [-0.2, -0.15) is 0 Å². The molecule has 0 aliphatic carbocycles. The van der Waals surface area contributed by atoms with Crippen molar-refractivity contribution in [3.63, 3.8) is 0 Å². The first-order chi connectivity index (χ1) is 25.7. The minimum atomic E-state index is -0.837. The third kappa shape index (κ3) is 39.0. The molecule has 3 N–H and O–H groups in total. The third-order valence-corrected chi connectivity index (χ3v) is 9.70. The number of carbonyl (C=O) groups is 1. The molecular formula is C48H85NO3. The highest BCUT2D eigenvalue weighted by atomic mass is 16.3. The zero-order chi connectivity index (χ0) is 37.8. The van der Waals surface area contributed by atoms with Crippen LogP contribution in [0.15, 0.2) is 72.9 Å². The number of allylic oxidation sites excluding steroid dienone is 11. The number of hydrogen-bond acceptors (Lipinski definition) is 3. The molecule has 0 aromatic heterocycles. The fourth-order valence-electron chi connectivity index (χ4n) is 6.32. The van der Waals surface area contributed by atoms with Gasteiger partial charge in [-0.3, -0.25) is 4.79 Å². The summed E-state index contributed by atoms with van der Waals surface area (Å²) in [6.07, 6.45) is 61.8. The van der Waals surface area contributed by atoms with E-state index in [4.69, 9.17) is 0 Å². The second kappa shape index (κ2) is 43.2. The number of amides is 1. The van der Waals surface area contributed by atoms with E-state index in [1.165, 1.54) is 128 Å². The Morgan fingerprint density at radius 3 is 1.27 bits per heavy atom. The number of hydrogen-bond donors (Lipinski definition) is 3. The van der Waals surface area contributed by atoms with Gasteiger partial charge in [-0.1, -0.05) is 209 Å². The van der Waals surface area contributed by atoms with Gasteiger partial charge < -0.3 is 15.5 Å². The molecule has 0 rings (SSSR count). The summed E-state index contributed by atoms with van der Waals surface area (Å²) in [7, 11) is 0. The fraction of sp³-hybridized carbons (Fsp3) is 0.729.